The number of carboxylic acids is 1. The normalized spacial score (nSPS) is 26.6. The van der Waals surface area contributed by atoms with Crippen LogP contribution in [0.5, 0.6) is 0 Å². The van der Waals surface area contributed by atoms with Crippen molar-refractivity contribution in [1.29, 1.82) is 0 Å². The fourth-order valence-electron chi connectivity index (χ4n) is 2.98. The number of urea groups is 1. The van der Waals surface area contributed by atoms with E-state index < -0.39 is 30.4 Å². The van der Waals surface area contributed by atoms with Crippen LogP contribution in [0.1, 0.15) is 32.1 Å². The minimum atomic E-state index is -1.29. The van der Waals surface area contributed by atoms with E-state index in [4.69, 9.17) is 15.6 Å². The molecule has 3 atom stereocenters. The Kier molecular flexibility index (Phi) is 5.00. The summed E-state index contributed by atoms with van der Waals surface area (Å²) in [4.78, 5) is 35.9. The molecular formula is C13H21N3O5. The Balaban J connectivity index is 2.00. The molecule has 0 aromatic rings. The van der Waals surface area contributed by atoms with Gasteiger partial charge >= 0.3 is 12.0 Å². The van der Waals surface area contributed by atoms with Gasteiger partial charge < -0.3 is 25.8 Å². The monoisotopic (exact) mass is 299 g/mol. The van der Waals surface area contributed by atoms with E-state index in [1.165, 1.54) is 0 Å². The van der Waals surface area contributed by atoms with Crippen LogP contribution in [0.3, 0.4) is 0 Å². The van der Waals surface area contributed by atoms with Gasteiger partial charge in [-0.2, -0.15) is 0 Å². The van der Waals surface area contributed by atoms with Crippen molar-refractivity contribution in [1.82, 2.24) is 10.2 Å². The zero-order chi connectivity index (χ0) is 15.4. The van der Waals surface area contributed by atoms with E-state index in [0.29, 0.717) is 13.2 Å². The summed E-state index contributed by atoms with van der Waals surface area (Å²) in [5.41, 5.74) is 5.00. The SMILES string of the molecule is NC(=O)C[C@H](NC(=O)N1CCOC2CCCCC21)C(=O)O. The molecule has 1 aliphatic carbocycles. The number of nitrogens with two attached hydrogens (primary N) is 1. The lowest BCUT2D eigenvalue weighted by molar-refractivity contribution is -0.141. The molecule has 1 aliphatic heterocycles. The van der Waals surface area contributed by atoms with Gasteiger partial charge in [0.25, 0.3) is 0 Å². The van der Waals surface area contributed by atoms with Gasteiger partial charge in [-0.05, 0) is 12.8 Å². The summed E-state index contributed by atoms with van der Waals surface area (Å²) < 4.78 is 5.67. The second-order valence-electron chi connectivity index (χ2n) is 5.47. The van der Waals surface area contributed by atoms with Gasteiger partial charge in [-0.15, -0.1) is 0 Å². The van der Waals surface area contributed by atoms with Crippen LogP contribution in [0.25, 0.3) is 0 Å². The zero-order valence-electron chi connectivity index (χ0n) is 11.8. The summed E-state index contributed by atoms with van der Waals surface area (Å²) in [6, 6.07) is -1.78. The molecule has 21 heavy (non-hydrogen) atoms. The Morgan fingerprint density at radius 1 is 1.33 bits per heavy atom. The molecule has 0 bridgehead atoms. The molecule has 2 aliphatic rings. The molecule has 2 rings (SSSR count). The molecule has 1 saturated heterocycles. The zero-order valence-corrected chi connectivity index (χ0v) is 11.8. The summed E-state index contributed by atoms with van der Waals surface area (Å²) in [5, 5.41) is 11.4. The smallest absolute Gasteiger partial charge is 0.326 e. The molecule has 3 amide bonds. The van der Waals surface area contributed by atoms with Crippen molar-refractivity contribution >= 4 is 17.9 Å². The Morgan fingerprint density at radius 2 is 2.05 bits per heavy atom. The highest BCUT2D eigenvalue weighted by atomic mass is 16.5. The predicted molar refractivity (Wildman–Crippen MR) is 72.5 cm³/mol. The average molecular weight is 299 g/mol. The third-order valence-corrected chi connectivity index (χ3v) is 3.99. The van der Waals surface area contributed by atoms with Crippen LogP contribution in [-0.2, 0) is 14.3 Å². The first kappa shape index (κ1) is 15.6. The number of nitrogens with one attached hydrogen (secondary N) is 1. The third kappa shape index (κ3) is 3.84. The van der Waals surface area contributed by atoms with E-state index in [1.807, 2.05) is 0 Å². The largest absolute Gasteiger partial charge is 0.480 e. The highest BCUT2D eigenvalue weighted by Crippen LogP contribution is 2.28. The topological polar surface area (TPSA) is 122 Å². The Hall–Kier alpha value is -1.83. The molecule has 0 spiro atoms. The van der Waals surface area contributed by atoms with Gasteiger partial charge in [-0.25, -0.2) is 9.59 Å². The number of nitrogens with zero attached hydrogens (tertiary/aromatic N) is 1. The van der Waals surface area contributed by atoms with E-state index >= 15 is 0 Å². The molecule has 118 valence electrons. The lowest BCUT2D eigenvalue weighted by Gasteiger charge is -2.43. The number of carboxylic acid groups (broad SMARTS) is 1. The number of ether oxygens (including phenoxy) is 1. The van der Waals surface area contributed by atoms with Gasteiger partial charge in [0, 0.05) is 6.54 Å². The van der Waals surface area contributed by atoms with Crippen molar-refractivity contribution in [3.8, 4) is 0 Å². The van der Waals surface area contributed by atoms with Crippen LogP contribution in [-0.4, -0.2) is 59.3 Å². The highest BCUT2D eigenvalue weighted by Gasteiger charge is 2.37. The van der Waals surface area contributed by atoms with Crippen LogP contribution < -0.4 is 11.1 Å². The van der Waals surface area contributed by atoms with Crippen molar-refractivity contribution in [2.45, 2.75) is 50.3 Å². The van der Waals surface area contributed by atoms with E-state index in [0.717, 1.165) is 25.7 Å². The van der Waals surface area contributed by atoms with E-state index in [9.17, 15) is 14.4 Å². The number of carbonyl (C=O) groups is 3. The summed E-state index contributed by atoms with van der Waals surface area (Å²) in [7, 11) is 0. The summed E-state index contributed by atoms with van der Waals surface area (Å²) >= 11 is 0. The van der Waals surface area contributed by atoms with Gasteiger partial charge in [0.15, 0.2) is 0 Å². The fourth-order valence-corrected chi connectivity index (χ4v) is 2.98. The molecule has 1 heterocycles. The Labute approximate surface area is 122 Å². The minimum Gasteiger partial charge on any atom is -0.480 e. The molecule has 4 N–H and O–H groups in total. The second kappa shape index (κ2) is 6.75. The first-order valence-corrected chi connectivity index (χ1v) is 7.19. The maximum absolute atomic E-state index is 12.3. The van der Waals surface area contributed by atoms with Crippen molar-refractivity contribution in [3.05, 3.63) is 0 Å². The number of carbonyl (C=O) groups excluding carboxylic acids is 2. The Bertz CT molecular complexity index is 426. The van der Waals surface area contributed by atoms with Crippen LogP contribution in [0, 0.1) is 0 Å². The van der Waals surface area contributed by atoms with Crippen LogP contribution in [0.4, 0.5) is 4.79 Å². The Morgan fingerprint density at radius 3 is 2.71 bits per heavy atom. The maximum atomic E-state index is 12.3. The molecule has 8 heteroatoms. The quantitative estimate of drug-likeness (QED) is 0.656. The average Bonchev–Trinajstić information content (AvgIpc) is 2.45. The number of morpholine rings is 1. The number of fused-ring (bicyclic) bond motifs is 1. The molecular weight excluding hydrogens is 278 g/mol. The third-order valence-electron chi connectivity index (χ3n) is 3.99. The summed E-state index contributed by atoms with van der Waals surface area (Å²) in [6.07, 6.45) is 3.48. The lowest BCUT2D eigenvalue weighted by Crippen LogP contribution is -2.59. The number of hydrogen-bond acceptors (Lipinski definition) is 4. The molecule has 0 radical (unpaired) electrons. The first-order chi connectivity index (χ1) is 9.99. The first-order valence-electron chi connectivity index (χ1n) is 7.19. The number of rotatable bonds is 4. The predicted octanol–water partition coefficient (Wildman–Crippen LogP) is -0.332. The second-order valence-corrected chi connectivity index (χ2v) is 5.47. The summed E-state index contributed by atoms with van der Waals surface area (Å²) in [6.45, 7) is 0.873. The number of aliphatic carboxylic acids is 1. The molecule has 8 nitrogen and oxygen atoms in total. The summed E-state index contributed by atoms with van der Waals surface area (Å²) in [5.74, 6) is -2.03. The van der Waals surface area contributed by atoms with Gasteiger partial charge in [0.2, 0.25) is 5.91 Å². The van der Waals surface area contributed by atoms with E-state index in [2.05, 4.69) is 5.32 Å². The number of primary amides is 1. The molecule has 0 aromatic heterocycles. The van der Waals surface area contributed by atoms with Crippen molar-refractivity contribution in [2.24, 2.45) is 5.73 Å². The van der Waals surface area contributed by atoms with Gasteiger partial charge in [-0.1, -0.05) is 12.8 Å². The molecule has 1 saturated carbocycles. The van der Waals surface area contributed by atoms with Crippen LogP contribution in [0.2, 0.25) is 0 Å². The molecule has 2 unspecified atom stereocenters. The van der Waals surface area contributed by atoms with Gasteiger partial charge in [0.05, 0.1) is 25.2 Å². The fraction of sp³-hybridized carbons (Fsp3) is 0.769. The number of hydrogen-bond donors (Lipinski definition) is 3. The van der Waals surface area contributed by atoms with Crippen molar-refractivity contribution in [3.63, 3.8) is 0 Å². The van der Waals surface area contributed by atoms with Crippen LogP contribution >= 0.6 is 0 Å². The lowest BCUT2D eigenvalue weighted by atomic mass is 9.90. The molecule has 2 fully saturated rings. The number of amides is 3. The van der Waals surface area contributed by atoms with Crippen molar-refractivity contribution < 1.29 is 24.2 Å². The minimum absolute atomic E-state index is 0.0180. The van der Waals surface area contributed by atoms with Crippen molar-refractivity contribution in [2.75, 3.05) is 13.2 Å². The van der Waals surface area contributed by atoms with E-state index in [1.54, 1.807) is 4.90 Å². The maximum Gasteiger partial charge on any atom is 0.326 e. The highest BCUT2D eigenvalue weighted by molar-refractivity contribution is 5.87. The van der Waals surface area contributed by atoms with Crippen LogP contribution in [0.15, 0.2) is 0 Å². The van der Waals surface area contributed by atoms with E-state index in [-0.39, 0.29) is 12.1 Å². The standard InChI is InChI=1S/C13H21N3O5/c14-11(17)7-8(12(18)19)15-13(20)16-5-6-21-10-4-2-1-3-9(10)16/h8-10H,1-7H2,(H2,14,17)(H,15,20)(H,18,19)/t8-,9?,10?/m0/s1. The van der Waals surface area contributed by atoms with Gasteiger partial charge in [0.1, 0.15) is 6.04 Å². The van der Waals surface area contributed by atoms with Gasteiger partial charge in [-0.3, -0.25) is 4.79 Å². The molecule has 0 aromatic carbocycles.